The van der Waals surface area contributed by atoms with E-state index in [-0.39, 0.29) is 11.5 Å². The normalized spacial score (nSPS) is 9.87. The Morgan fingerprint density at radius 2 is 1.93 bits per heavy atom. The van der Waals surface area contributed by atoms with Gasteiger partial charge in [0, 0.05) is 6.07 Å². The number of ether oxygens (including phenoxy) is 2. The minimum Gasteiger partial charge on any atom is -0.493 e. The zero-order valence-electron chi connectivity index (χ0n) is 8.01. The minimum atomic E-state index is -1.62. The topological polar surface area (TPSA) is 55.8 Å². The number of carboxylic acids is 1. The average molecular weight is 218 g/mol. The maximum Gasteiger partial charge on any atom is 0.342 e. The zero-order chi connectivity index (χ0) is 11.6. The van der Waals surface area contributed by atoms with Gasteiger partial charge < -0.3 is 14.6 Å². The van der Waals surface area contributed by atoms with E-state index in [1.165, 1.54) is 7.11 Å². The van der Waals surface area contributed by atoms with Crippen LogP contribution >= 0.6 is 0 Å². The molecule has 1 aromatic carbocycles. The number of aromatic carboxylic acids is 1. The molecule has 0 spiro atoms. The van der Waals surface area contributed by atoms with Crippen LogP contribution in [0.3, 0.4) is 0 Å². The van der Waals surface area contributed by atoms with Crippen molar-refractivity contribution in [1.29, 1.82) is 0 Å². The van der Waals surface area contributed by atoms with Crippen LogP contribution in [0.1, 0.15) is 10.4 Å². The number of hydrogen-bond acceptors (Lipinski definition) is 3. The first-order chi connectivity index (χ1) is 7.02. The summed E-state index contributed by atoms with van der Waals surface area (Å²) in [6.45, 7) is 0. The Morgan fingerprint density at radius 1 is 1.33 bits per heavy atom. The van der Waals surface area contributed by atoms with Crippen molar-refractivity contribution < 1.29 is 28.2 Å². The second kappa shape index (κ2) is 4.12. The molecule has 0 aliphatic rings. The number of benzene rings is 1. The lowest BCUT2D eigenvalue weighted by Gasteiger charge is -2.11. The van der Waals surface area contributed by atoms with Crippen molar-refractivity contribution in [3.63, 3.8) is 0 Å². The van der Waals surface area contributed by atoms with Crippen LogP contribution in [0, 0.1) is 11.6 Å². The van der Waals surface area contributed by atoms with Crippen molar-refractivity contribution in [3.05, 3.63) is 23.3 Å². The van der Waals surface area contributed by atoms with Gasteiger partial charge in [-0.1, -0.05) is 0 Å². The lowest BCUT2D eigenvalue weighted by molar-refractivity contribution is 0.0685. The molecule has 0 aromatic heterocycles. The number of hydrogen-bond donors (Lipinski definition) is 1. The fraction of sp³-hybridized carbons (Fsp3) is 0.222. The third kappa shape index (κ3) is 1.83. The summed E-state index contributed by atoms with van der Waals surface area (Å²) in [5.41, 5.74) is -0.880. The number of carbonyl (C=O) groups is 1. The van der Waals surface area contributed by atoms with Crippen molar-refractivity contribution in [2.45, 2.75) is 0 Å². The smallest absolute Gasteiger partial charge is 0.342 e. The van der Waals surface area contributed by atoms with E-state index in [1.54, 1.807) is 0 Å². The molecule has 0 radical (unpaired) electrons. The van der Waals surface area contributed by atoms with Crippen LogP contribution in [-0.2, 0) is 0 Å². The lowest BCUT2D eigenvalue weighted by Crippen LogP contribution is -2.07. The zero-order valence-corrected chi connectivity index (χ0v) is 8.01. The molecule has 0 atom stereocenters. The maximum absolute atomic E-state index is 13.1. The number of rotatable bonds is 3. The maximum atomic E-state index is 13.1. The van der Waals surface area contributed by atoms with Crippen molar-refractivity contribution in [2.75, 3.05) is 14.2 Å². The molecule has 1 aromatic rings. The highest BCUT2D eigenvalue weighted by Gasteiger charge is 2.25. The van der Waals surface area contributed by atoms with E-state index in [0.29, 0.717) is 0 Å². The fourth-order valence-corrected chi connectivity index (χ4v) is 1.13. The van der Waals surface area contributed by atoms with Gasteiger partial charge in [-0.3, -0.25) is 0 Å². The number of carboxylic acid groups (broad SMARTS) is 1. The largest absolute Gasteiger partial charge is 0.493 e. The summed E-state index contributed by atoms with van der Waals surface area (Å²) in [5.74, 6) is -4.91. The third-order valence-electron chi connectivity index (χ3n) is 1.78. The molecule has 0 saturated carbocycles. The number of methoxy groups -OCH3 is 2. The first kappa shape index (κ1) is 11.2. The molecule has 82 valence electrons. The molecular formula is C9H8F2O4. The van der Waals surface area contributed by atoms with Gasteiger partial charge in [0.1, 0.15) is 5.56 Å². The van der Waals surface area contributed by atoms with Gasteiger partial charge in [0.05, 0.1) is 14.2 Å². The summed E-state index contributed by atoms with van der Waals surface area (Å²) in [6.07, 6.45) is 0. The predicted octanol–water partition coefficient (Wildman–Crippen LogP) is 1.68. The Hall–Kier alpha value is -1.85. The van der Waals surface area contributed by atoms with Gasteiger partial charge in [-0.2, -0.15) is 0 Å². The van der Waals surface area contributed by atoms with Crippen LogP contribution in [-0.4, -0.2) is 25.3 Å². The second-order valence-electron chi connectivity index (χ2n) is 2.59. The Balaban J connectivity index is 3.56. The monoisotopic (exact) mass is 218 g/mol. The van der Waals surface area contributed by atoms with Gasteiger partial charge in [0.2, 0.25) is 0 Å². The van der Waals surface area contributed by atoms with Crippen LogP contribution in [0.25, 0.3) is 0 Å². The van der Waals surface area contributed by atoms with E-state index in [1.807, 2.05) is 0 Å². The van der Waals surface area contributed by atoms with Crippen LogP contribution in [0.5, 0.6) is 11.5 Å². The highest BCUT2D eigenvalue weighted by molar-refractivity contribution is 5.92. The van der Waals surface area contributed by atoms with Crippen molar-refractivity contribution in [2.24, 2.45) is 0 Å². The summed E-state index contributed by atoms with van der Waals surface area (Å²) in [5, 5.41) is 8.68. The molecule has 0 fully saturated rings. The molecular weight excluding hydrogens is 210 g/mol. The molecule has 4 nitrogen and oxygen atoms in total. The Labute approximate surface area is 84.0 Å². The van der Waals surface area contributed by atoms with Gasteiger partial charge in [-0.05, 0) is 0 Å². The number of halogens is 2. The molecule has 0 amide bonds. The molecule has 1 N–H and O–H groups in total. The predicted molar refractivity (Wildman–Crippen MR) is 46.4 cm³/mol. The van der Waals surface area contributed by atoms with Crippen molar-refractivity contribution in [3.8, 4) is 11.5 Å². The summed E-state index contributed by atoms with van der Waals surface area (Å²) in [4.78, 5) is 10.7. The molecule has 0 bridgehead atoms. The van der Waals surface area contributed by atoms with Crippen LogP contribution < -0.4 is 9.47 Å². The first-order valence-corrected chi connectivity index (χ1v) is 3.86. The van der Waals surface area contributed by atoms with Crippen LogP contribution in [0.2, 0.25) is 0 Å². The van der Waals surface area contributed by atoms with E-state index in [9.17, 15) is 13.6 Å². The molecule has 1 rings (SSSR count). The second-order valence-corrected chi connectivity index (χ2v) is 2.59. The standard InChI is InChI=1S/C9H8F2O4/c1-14-5-3-4(10)7(11)6(9(12)13)8(5)15-2/h3H,1-2H3,(H,12,13). The van der Waals surface area contributed by atoms with E-state index < -0.39 is 23.2 Å². The summed E-state index contributed by atoms with van der Waals surface area (Å²) < 4.78 is 35.4. The first-order valence-electron chi connectivity index (χ1n) is 3.86. The highest BCUT2D eigenvalue weighted by atomic mass is 19.2. The van der Waals surface area contributed by atoms with Gasteiger partial charge in [0.15, 0.2) is 23.1 Å². The lowest BCUT2D eigenvalue weighted by atomic mass is 10.1. The van der Waals surface area contributed by atoms with Crippen LogP contribution in [0.15, 0.2) is 6.07 Å². The van der Waals surface area contributed by atoms with Crippen molar-refractivity contribution >= 4 is 5.97 Å². The molecule has 0 heterocycles. The van der Waals surface area contributed by atoms with Crippen LogP contribution in [0.4, 0.5) is 8.78 Å². The van der Waals surface area contributed by atoms with E-state index in [2.05, 4.69) is 9.47 Å². The van der Waals surface area contributed by atoms with E-state index in [4.69, 9.17) is 5.11 Å². The Morgan fingerprint density at radius 3 is 2.33 bits per heavy atom. The SMILES string of the molecule is COc1cc(F)c(F)c(C(=O)O)c1OC. The van der Waals surface area contributed by atoms with E-state index in [0.717, 1.165) is 13.2 Å². The average Bonchev–Trinajstić information content (AvgIpc) is 2.20. The fourth-order valence-electron chi connectivity index (χ4n) is 1.13. The minimum absolute atomic E-state index is 0.172. The Kier molecular flexibility index (Phi) is 3.08. The highest BCUT2D eigenvalue weighted by Crippen LogP contribution is 2.34. The van der Waals surface area contributed by atoms with E-state index >= 15 is 0 Å². The quantitative estimate of drug-likeness (QED) is 0.838. The molecule has 0 unspecified atom stereocenters. The summed E-state index contributed by atoms with van der Waals surface area (Å²) in [7, 11) is 2.34. The molecule has 0 aliphatic heterocycles. The van der Waals surface area contributed by atoms with Gasteiger partial charge >= 0.3 is 5.97 Å². The van der Waals surface area contributed by atoms with Gasteiger partial charge in [-0.25, -0.2) is 13.6 Å². The Bertz CT molecular complexity index is 404. The summed E-state index contributed by atoms with van der Waals surface area (Å²) >= 11 is 0. The molecule has 0 saturated heterocycles. The van der Waals surface area contributed by atoms with Gasteiger partial charge in [0.25, 0.3) is 0 Å². The molecule has 6 heteroatoms. The van der Waals surface area contributed by atoms with Gasteiger partial charge in [-0.15, -0.1) is 0 Å². The third-order valence-corrected chi connectivity index (χ3v) is 1.78. The molecule has 15 heavy (non-hydrogen) atoms. The van der Waals surface area contributed by atoms with Crippen molar-refractivity contribution in [1.82, 2.24) is 0 Å². The summed E-state index contributed by atoms with van der Waals surface area (Å²) in [6, 6.07) is 0.723. The molecule has 0 aliphatic carbocycles.